The SMILES string of the molecule is CCC(N)C(c1cccc(C)c1)N(C)C(C)CCSC. The van der Waals surface area contributed by atoms with Crippen molar-refractivity contribution in [2.75, 3.05) is 19.1 Å². The van der Waals surface area contributed by atoms with Crippen molar-refractivity contribution in [1.29, 1.82) is 0 Å². The lowest BCUT2D eigenvalue weighted by molar-refractivity contribution is 0.155. The van der Waals surface area contributed by atoms with Gasteiger partial charge in [0.15, 0.2) is 0 Å². The van der Waals surface area contributed by atoms with Crippen LogP contribution in [-0.2, 0) is 0 Å². The summed E-state index contributed by atoms with van der Waals surface area (Å²) < 4.78 is 0. The summed E-state index contributed by atoms with van der Waals surface area (Å²) in [7, 11) is 2.22. The molecule has 0 aromatic heterocycles. The Labute approximate surface area is 129 Å². The maximum atomic E-state index is 6.42. The molecule has 0 aliphatic heterocycles. The van der Waals surface area contributed by atoms with E-state index in [1.165, 1.54) is 23.3 Å². The molecular weight excluding hydrogens is 264 g/mol. The summed E-state index contributed by atoms with van der Waals surface area (Å²) in [5.41, 5.74) is 9.07. The molecule has 0 aliphatic rings. The number of thioether (sulfide) groups is 1. The van der Waals surface area contributed by atoms with E-state index >= 15 is 0 Å². The van der Waals surface area contributed by atoms with E-state index in [1.807, 2.05) is 11.8 Å². The summed E-state index contributed by atoms with van der Waals surface area (Å²) in [6.45, 7) is 6.63. The van der Waals surface area contributed by atoms with Gasteiger partial charge in [-0.1, -0.05) is 36.8 Å². The second-order valence-corrected chi connectivity index (χ2v) is 6.71. The van der Waals surface area contributed by atoms with Crippen molar-refractivity contribution in [1.82, 2.24) is 4.90 Å². The molecule has 0 amide bonds. The van der Waals surface area contributed by atoms with Gasteiger partial charge in [0, 0.05) is 18.1 Å². The predicted octanol–water partition coefficient (Wildman–Crippen LogP) is 3.85. The fraction of sp³-hybridized carbons (Fsp3) is 0.647. The number of rotatable bonds is 8. The quantitative estimate of drug-likeness (QED) is 0.789. The van der Waals surface area contributed by atoms with E-state index < -0.39 is 0 Å². The Balaban J connectivity index is 2.94. The average molecular weight is 295 g/mol. The minimum Gasteiger partial charge on any atom is -0.326 e. The summed E-state index contributed by atoms with van der Waals surface area (Å²) in [6, 6.07) is 9.80. The number of aryl methyl sites for hydroxylation is 1. The van der Waals surface area contributed by atoms with Crippen molar-refractivity contribution in [2.24, 2.45) is 5.73 Å². The second kappa shape index (κ2) is 8.71. The lowest BCUT2D eigenvalue weighted by atomic mass is 9.94. The third-order valence-corrected chi connectivity index (χ3v) is 4.78. The van der Waals surface area contributed by atoms with E-state index in [0.717, 1.165) is 6.42 Å². The van der Waals surface area contributed by atoms with Crippen molar-refractivity contribution in [2.45, 2.75) is 51.7 Å². The Bertz CT molecular complexity index is 394. The molecule has 1 aromatic carbocycles. The van der Waals surface area contributed by atoms with Crippen LogP contribution in [0.3, 0.4) is 0 Å². The lowest BCUT2D eigenvalue weighted by Crippen LogP contribution is -2.43. The summed E-state index contributed by atoms with van der Waals surface area (Å²) >= 11 is 1.91. The van der Waals surface area contributed by atoms with Crippen LogP contribution >= 0.6 is 11.8 Å². The Morgan fingerprint density at radius 1 is 1.35 bits per heavy atom. The third-order valence-electron chi connectivity index (χ3n) is 4.13. The molecule has 3 atom stereocenters. The Morgan fingerprint density at radius 2 is 2.05 bits per heavy atom. The first-order valence-corrected chi connectivity index (χ1v) is 8.93. The summed E-state index contributed by atoms with van der Waals surface area (Å²) in [5.74, 6) is 1.20. The van der Waals surface area contributed by atoms with Gasteiger partial charge >= 0.3 is 0 Å². The fourth-order valence-corrected chi connectivity index (χ4v) is 3.20. The molecule has 114 valence electrons. The van der Waals surface area contributed by atoms with Crippen molar-refractivity contribution < 1.29 is 0 Å². The fourth-order valence-electron chi connectivity index (χ4n) is 2.63. The van der Waals surface area contributed by atoms with E-state index in [4.69, 9.17) is 5.73 Å². The smallest absolute Gasteiger partial charge is 0.0498 e. The first kappa shape index (κ1) is 17.5. The standard InChI is InChI=1S/C17H30N2S/c1-6-16(18)17(15-9-7-8-13(2)12-15)19(4)14(3)10-11-20-5/h7-9,12,14,16-17H,6,10-11,18H2,1-5H3. The largest absolute Gasteiger partial charge is 0.326 e. The normalized spacial score (nSPS) is 16.1. The highest BCUT2D eigenvalue weighted by Crippen LogP contribution is 2.27. The van der Waals surface area contributed by atoms with E-state index in [-0.39, 0.29) is 6.04 Å². The van der Waals surface area contributed by atoms with Crippen molar-refractivity contribution in [3.05, 3.63) is 35.4 Å². The van der Waals surface area contributed by atoms with E-state index in [2.05, 4.69) is 63.2 Å². The Hall–Kier alpha value is -0.510. The number of benzene rings is 1. The van der Waals surface area contributed by atoms with Gasteiger partial charge in [-0.15, -0.1) is 0 Å². The Morgan fingerprint density at radius 3 is 2.60 bits per heavy atom. The van der Waals surface area contributed by atoms with E-state index in [0.29, 0.717) is 12.1 Å². The predicted molar refractivity (Wildman–Crippen MR) is 92.4 cm³/mol. The van der Waals surface area contributed by atoms with E-state index in [1.54, 1.807) is 0 Å². The molecule has 2 N–H and O–H groups in total. The summed E-state index contributed by atoms with van der Waals surface area (Å²) in [4.78, 5) is 2.46. The minimum atomic E-state index is 0.179. The van der Waals surface area contributed by atoms with Crippen molar-refractivity contribution >= 4 is 11.8 Å². The van der Waals surface area contributed by atoms with Gasteiger partial charge in [0.05, 0.1) is 0 Å². The molecular formula is C17H30N2S. The van der Waals surface area contributed by atoms with Gasteiger partial charge in [-0.2, -0.15) is 11.8 Å². The molecule has 1 rings (SSSR count). The first-order chi connectivity index (χ1) is 9.51. The van der Waals surface area contributed by atoms with Gasteiger partial charge in [0.2, 0.25) is 0 Å². The molecule has 0 bridgehead atoms. The number of nitrogens with two attached hydrogens (primary N) is 1. The molecule has 2 nitrogen and oxygen atoms in total. The summed E-state index contributed by atoms with van der Waals surface area (Å²) in [6.07, 6.45) is 4.37. The highest BCUT2D eigenvalue weighted by atomic mass is 32.2. The topological polar surface area (TPSA) is 29.3 Å². The molecule has 0 radical (unpaired) electrons. The average Bonchev–Trinajstić information content (AvgIpc) is 2.44. The van der Waals surface area contributed by atoms with E-state index in [9.17, 15) is 0 Å². The van der Waals surface area contributed by atoms with Gasteiger partial charge < -0.3 is 5.73 Å². The van der Waals surface area contributed by atoms with Gasteiger partial charge in [-0.3, -0.25) is 4.90 Å². The van der Waals surface area contributed by atoms with Crippen LogP contribution in [0.15, 0.2) is 24.3 Å². The maximum Gasteiger partial charge on any atom is 0.0498 e. The van der Waals surface area contributed by atoms with Crippen LogP contribution in [0.5, 0.6) is 0 Å². The van der Waals surface area contributed by atoms with Gasteiger partial charge in [-0.05, 0) is 51.3 Å². The molecule has 20 heavy (non-hydrogen) atoms. The van der Waals surface area contributed by atoms with Crippen LogP contribution in [0.4, 0.5) is 0 Å². The van der Waals surface area contributed by atoms with Crippen molar-refractivity contribution in [3.8, 4) is 0 Å². The molecule has 0 fully saturated rings. The summed E-state index contributed by atoms with van der Waals surface area (Å²) in [5, 5.41) is 0. The van der Waals surface area contributed by atoms with Crippen LogP contribution in [0.1, 0.15) is 43.9 Å². The van der Waals surface area contributed by atoms with Crippen LogP contribution in [0.25, 0.3) is 0 Å². The molecule has 3 heteroatoms. The molecule has 3 unspecified atom stereocenters. The zero-order valence-electron chi connectivity index (χ0n) is 13.6. The van der Waals surface area contributed by atoms with Crippen molar-refractivity contribution in [3.63, 3.8) is 0 Å². The van der Waals surface area contributed by atoms with Crippen LogP contribution in [0.2, 0.25) is 0 Å². The number of nitrogens with zero attached hydrogens (tertiary/aromatic N) is 1. The zero-order chi connectivity index (χ0) is 15.1. The molecule has 0 spiro atoms. The number of hydrogen-bond acceptors (Lipinski definition) is 3. The highest BCUT2D eigenvalue weighted by Gasteiger charge is 2.26. The minimum absolute atomic E-state index is 0.179. The molecule has 0 saturated carbocycles. The first-order valence-electron chi connectivity index (χ1n) is 7.54. The van der Waals surface area contributed by atoms with Gasteiger partial charge in [0.1, 0.15) is 0 Å². The lowest BCUT2D eigenvalue weighted by Gasteiger charge is -2.37. The van der Waals surface area contributed by atoms with Crippen LogP contribution < -0.4 is 5.73 Å². The monoisotopic (exact) mass is 294 g/mol. The maximum absolute atomic E-state index is 6.42. The molecule has 0 heterocycles. The van der Waals surface area contributed by atoms with Gasteiger partial charge in [-0.25, -0.2) is 0 Å². The highest BCUT2D eigenvalue weighted by molar-refractivity contribution is 7.98. The molecule has 1 aromatic rings. The Kier molecular flexibility index (Phi) is 7.63. The molecule has 0 aliphatic carbocycles. The van der Waals surface area contributed by atoms with Crippen LogP contribution in [0, 0.1) is 6.92 Å². The molecule has 0 saturated heterocycles. The van der Waals surface area contributed by atoms with Crippen LogP contribution in [-0.4, -0.2) is 36.0 Å². The zero-order valence-corrected chi connectivity index (χ0v) is 14.4. The number of hydrogen-bond donors (Lipinski definition) is 1. The van der Waals surface area contributed by atoms with Gasteiger partial charge in [0.25, 0.3) is 0 Å². The number of likely N-dealkylation sites (N-methyl/N-ethyl adjacent to an activating group) is 1. The third kappa shape index (κ3) is 4.80. The second-order valence-electron chi connectivity index (χ2n) is 5.73.